The fraction of sp³-hybridized carbons (Fsp3) is 0.750. The molecule has 1 aromatic heterocycles. The van der Waals surface area contributed by atoms with Gasteiger partial charge in [-0.3, -0.25) is 4.68 Å². The third-order valence-electron chi connectivity index (χ3n) is 3.18. The molecule has 2 rings (SSSR count). The van der Waals surface area contributed by atoms with Gasteiger partial charge in [0.2, 0.25) is 0 Å². The third-order valence-corrected chi connectivity index (χ3v) is 3.18. The molecule has 0 saturated heterocycles. The van der Waals surface area contributed by atoms with Crippen LogP contribution in [0, 0.1) is 12.8 Å². The Labute approximate surface area is 91.9 Å². The maximum absolute atomic E-state index is 4.36. The van der Waals surface area contributed by atoms with E-state index in [9.17, 15) is 0 Å². The lowest BCUT2D eigenvalue weighted by Gasteiger charge is -2.35. The van der Waals surface area contributed by atoms with E-state index < -0.39 is 0 Å². The average molecular weight is 207 g/mol. The lowest BCUT2D eigenvalue weighted by atomic mass is 9.80. The molecule has 0 atom stereocenters. The molecule has 1 aromatic rings. The van der Waals surface area contributed by atoms with E-state index in [-0.39, 0.29) is 0 Å². The highest BCUT2D eigenvalue weighted by molar-refractivity contribution is 5.01. The Morgan fingerprint density at radius 3 is 2.93 bits per heavy atom. The molecule has 3 nitrogen and oxygen atoms in total. The van der Waals surface area contributed by atoms with E-state index in [0.717, 1.165) is 12.5 Å². The molecule has 1 heterocycles. The van der Waals surface area contributed by atoms with Gasteiger partial charge >= 0.3 is 0 Å². The topological polar surface area (TPSA) is 29.9 Å². The van der Waals surface area contributed by atoms with Crippen molar-refractivity contribution in [3.05, 3.63) is 18.0 Å². The predicted molar refractivity (Wildman–Crippen MR) is 61.9 cm³/mol. The van der Waals surface area contributed by atoms with Crippen molar-refractivity contribution in [1.29, 1.82) is 0 Å². The Morgan fingerprint density at radius 2 is 2.33 bits per heavy atom. The highest BCUT2D eigenvalue weighted by Crippen LogP contribution is 2.36. The van der Waals surface area contributed by atoms with Gasteiger partial charge in [0.05, 0.1) is 12.2 Å². The summed E-state index contributed by atoms with van der Waals surface area (Å²) >= 11 is 0. The number of aromatic nitrogens is 2. The molecule has 0 spiro atoms. The molecule has 1 fully saturated rings. The third kappa shape index (κ3) is 2.59. The Kier molecular flexibility index (Phi) is 3.41. The van der Waals surface area contributed by atoms with Crippen LogP contribution < -0.4 is 5.32 Å². The van der Waals surface area contributed by atoms with E-state index in [0.29, 0.717) is 6.04 Å². The maximum atomic E-state index is 4.36. The van der Waals surface area contributed by atoms with Gasteiger partial charge < -0.3 is 5.32 Å². The van der Waals surface area contributed by atoms with E-state index in [1.54, 1.807) is 0 Å². The fourth-order valence-corrected chi connectivity index (χ4v) is 2.20. The number of rotatable bonds is 5. The first kappa shape index (κ1) is 10.7. The van der Waals surface area contributed by atoms with Crippen molar-refractivity contribution in [2.45, 2.75) is 39.2 Å². The smallest absolute Gasteiger partial charge is 0.0525 e. The Hall–Kier alpha value is -0.830. The van der Waals surface area contributed by atoms with Crippen LogP contribution in [0.25, 0.3) is 0 Å². The molecule has 1 saturated carbocycles. The molecule has 15 heavy (non-hydrogen) atoms. The molecule has 1 aliphatic carbocycles. The number of nitrogens with one attached hydrogen (secondary N) is 1. The van der Waals surface area contributed by atoms with Crippen LogP contribution in [-0.2, 0) is 0 Å². The van der Waals surface area contributed by atoms with Crippen molar-refractivity contribution >= 4 is 0 Å². The second-order valence-electron chi connectivity index (χ2n) is 4.69. The standard InChI is InChI=1S/C12H21N3/c1-3-4-13-8-11-5-12(6-11)15-9-10(2)7-14-15/h7,9,11-13H,3-6,8H2,1-2H3. The van der Waals surface area contributed by atoms with E-state index in [1.807, 2.05) is 6.20 Å². The summed E-state index contributed by atoms with van der Waals surface area (Å²) in [5, 5.41) is 7.85. The van der Waals surface area contributed by atoms with E-state index >= 15 is 0 Å². The van der Waals surface area contributed by atoms with Crippen molar-refractivity contribution in [3.8, 4) is 0 Å². The Balaban J connectivity index is 1.69. The zero-order chi connectivity index (χ0) is 10.7. The van der Waals surface area contributed by atoms with E-state index in [4.69, 9.17) is 0 Å². The van der Waals surface area contributed by atoms with Gasteiger partial charge in [-0.2, -0.15) is 5.10 Å². The number of hydrogen-bond donors (Lipinski definition) is 1. The molecule has 1 N–H and O–H groups in total. The zero-order valence-electron chi connectivity index (χ0n) is 9.74. The number of hydrogen-bond acceptors (Lipinski definition) is 2. The van der Waals surface area contributed by atoms with Crippen molar-refractivity contribution in [3.63, 3.8) is 0 Å². The fourth-order valence-electron chi connectivity index (χ4n) is 2.20. The van der Waals surface area contributed by atoms with Crippen molar-refractivity contribution in [1.82, 2.24) is 15.1 Å². The lowest BCUT2D eigenvalue weighted by molar-refractivity contribution is 0.180. The molecule has 84 valence electrons. The van der Waals surface area contributed by atoms with Crippen LogP contribution in [0.15, 0.2) is 12.4 Å². The van der Waals surface area contributed by atoms with Crippen LogP contribution in [0.3, 0.4) is 0 Å². The first-order valence-corrected chi connectivity index (χ1v) is 6.01. The average Bonchev–Trinajstić information content (AvgIpc) is 2.56. The second kappa shape index (κ2) is 4.79. The van der Waals surface area contributed by atoms with Gasteiger partial charge in [0.15, 0.2) is 0 Å². The minimum atomic E-state index is 0.659. The van der Waals surface area contributed by atoms with Gasteiger partial charge in [-0.05, 0) is 50.8 Å². The summed E-state index contributed by atoms with van der Waals surface area (Å²) in [6.45, 7) is 6.65. The summed E-state index contributed by atoms with van der Waals surface area (Å²) in [5.74, 6) is 0.867. The van der Waals surface area contributed by atoms with E-state index in [2.05, 4.69) is 35.1 Å². The molecule has 0 aliphatic heterocycles. The van der Waals surface area contributed by atoms with Crippen LogP contribution in [0.2, 0.25) is 0 Å². The predicted octanol–water partition coefficient (Wildman–Crippen LogP) is 2.14. The summed E-state index contributed by atoms with van der Waals surface area (Å²) in [7, 11) is 0. The Bertz CT molecular complexity index is 300. The van der Waals surface area contributed by atoms with Gasteiger partial charge in [-0.1, -0.05) is 6.92 Å². The van der Waals surface area contributed by atoms with Gasteiger partial charge in [-0.25, -0.2) is 0 Å². The normalized spacial score (nSPS) is 25.2. The van der Waals surface area contributed by atoms with Crippen LogP contribution >= 0.6 is 0 Å². The van der Waals surface area contributed by atoms with E-state index in [1.165, 1.54) is 31.4 Å². The first-order valence-electron chi connectivity index (χ1n) is 6.01. The molecule has 0 bridgehead atoms. The molecule has 1 aliphatic rings. The highest BCUT2D eigenvalue weighted by atomic mass is 15.3. The number of aryl methyl sites for hydroxylation is 1. The molecular formula is C12H21N3. The highest BCUT2D eigenvalue weighted by Gasteiger charge is 2.30. The minimum Gasteiger partial charge on any atom is -0.316 e. The molecule has 0 radical (unpaired) electrons. The SMILES string of the molecule is CCCNCC1CC(n2cc(C)cn2)C1. The molecule has 0 aromatic carbocycles. The maximum Gasteiger partial charge on any atom is 0.0525 e. The van der Waals surface area contributed by atoms with Gasteiger partial charge in [0.25, 0.3) is 0 Å². The zero-order valence-corrected chi connectivity index (χ0v) is 9.74. The summed E-state index contributed by atoms with van der Waals surface area (Å²) in [6.07, 6.45) is 7.91. The monoisotopic (exact) mass is 207 g/mol. The first-order chi connectivity index (χ1) is 7.29. The second-order valence-corrected chi connectivity index (χ2v) is 4.69. The molecular weight excluding hydrogens is 186 g/mol. The van der Waals surface area contributed by atoms with Crippen molar-refractivity contribution < 1.29 is 0 Å². The largest absolute Gasteiger partial charge is 0.316 e. The molecule has 0 amide bonds. The van der Waals surface area contributed by atoms with Crippen LogP contribution in [-0.4, -0.2) is 22.9 Å². The van der Waals surface area contributed by atoms with Gasteiger partial charge in [-0.15, -0.1) is 0 Å². The van der Waals surface area contributed by atoms with Crippen LogP contribution in [0.1, 0.15) is 37.8 Å². The lowest BCUT2D eigenvalue weighted by Crippen LogP contribution is -2.35. The van der Waals surface area contributed by atoms with Crippen LogP contribution in [0.4, 0.5) is 0 Å². The van der Waals surface area contributed by atoms with Crippen LogP contribution in [0.5, 0.6) is 0 Å². The van der Waals surface area contributed by atoms with Crippen molar-refractivity contribution in [2.75, 3.05) is 13.1 Å². The summed E-state index contributed by atoms with van der Waals surface area (Å²) < 4.78 is 2.13. The summed E-state index contributed by atoms with van der Waals surface area (Å²) in [4.78, 5) is 0. The summed E-state index contributed by atoms with van der Waals surface area (Å²) in [6, 6.07) is 0.659. The van der Waals surface area contributed by atoms with Crippen molar-refractivity contribution in [2.24, 2.45) is 5.92 Å². The van der Waals surface area contributed by atoms with Gasteiger partial charge in [0.1, 0.15) is 0 Å². The summed E-state index contributed by atoms with van der Waals surface area (Å²) in [5.41, 5.74) is 1.27. The minimum absolute atomic E-state index is 0.659. The van der Waals surface area contributed by atoms with Gasteiger partial charge in [0, 0.05) is 6.20 Å². The number of nitrogens with zero attached hydrogens (tertiary/aromatic N) is 2. The Morgan fingerprint density at radius 1 is 1.53 bits per heavy atom. The quantitative estimate of drug-likeness (QED) is 0.750. The molecule has 3 heteroatoms. The molecule has 0 unspecified atom stereocenters.